The van der Waals surface area contributed by atoms with E-state index in [0.717, 1.165) is 29.8 Å². The Kier molecular flexibility index (Phi) is 1.77. The molecule has 0 bridgehead atoms. The Morgan fingerprint density at radius 3 is 3.29 bits per heavy atom. The number of hydrogen-bond acceptors (Lipinski definition) is 3. The molecule has 0 spiro atoms. The van der Waals surface area contributed by atoms with E-state index >= 15 is 0 Å². The Morgan fingerprint density at radius 1 is 1.50 bits per heavy atom. The third-order valence-electron chi connectivity index (χ3n) is 2.80. The molecule has 3 heterocycles. The van der Waals surface area contributed by atoms with Gasteiger partial charge >= 0.3 is 0 Å². The number of fused-ring (bicyclic) bond motifs is 1. The highest BCUT2D eigenvalue weighted by Gasteiger charge is 2.20. The van der Waals surface area contributed by atoms with Crippen molar-refractivity contribution >= 4 is 11.0 Å². The number of rotatable bonds is 1. The second-order valence-corrected chi connectivity index (χ2v) is 3.75. The topological polar surface area (TPSA) is 38.1 Å². The standard InChI is InChI=1S/C11H12N2O/c1-3-12-6-8(1)11-5-9-7-13-4-2-10(9)14-11/h2,4-5,7-8,12H,1,3,6H2. The van der Waals surface area contributed by atoms with Gasteiger partial charge < -0.3 is 9.73 Å². The fourth-order valence-corrected chi connectivity index (χ4v) is 2.00. The van der Waals surface area contributed by atoms with Crippen LogP contribution in [0.25, 0.3) is 11.0 Å². The normalized spacial score (nSPS) is 21.9. The van der Waals surface area contributed by atoms with E-state index < -0.39 is 0 Å². The van der Waals surface area contributed by atoms with Crippen molar-refractivity contribution in [2.75, 3.05) is 13.1 Å². The molecule has 3 heteroatoms. The minimum absolute atomic E-state index is 0.544. The largest absolute Gasteiger partial charge is 0.461 e. The molecule has 0 aliphatic carbocycles. The van der Waals surface area contributed by atoms with E-state index in [0.29, 0.717) is 5.92 Å². The summed E-state index contributed by atoms with van der Waals surface area (Å²) in [5.74, 6) is 1.64. The average Bonchev–Trinajstić information content (AvgIpc) is 2.86. The second kappa shape index (κ2) is 3.10. The number of furan rings is 1. The highest BCUT2D eigenvalue weighted by Crippen LogP contribution is 2.27. The smallest absolute Gasteiger partial charge is 0.137 e. The van der Waals surface area contributed by atoms with Gasteiger partial charge in [-0.3, -0.25) is 4.98 Å². The van der Waals surface area contributed by atoms with Gasteiger partial charge in [-0.15, -0.1) is 0 Å². The summed E-state index contributed by atoms with van der Waals surface area (Å²) in [4.78, 5) is 4.08. The van der Waals surface area contributed by atoms with Crippen molar-refractivity contribution < 1.29 is 4.42 Å². The van der Waals surface area contributed by atoms with E-state index in [1.54, 1.807) is 6.20 Å². The molecular formula is C11H12N2O. The van der Waals surface area contributed by atoms with E-state index in [1.165, 1.54) is 6.42 Å². The minimum Gasteiger partial charge on any atom is -0.461 e. The molecule has 0 radical (unpaired) electrons. The highest BCUT2D eigenvalue weighted by molar-refractivity contribution is 5.76. The molecule has 3 nitrogen and oxygen atoms in total. The number of hydrogen-bond donors (Lipinski definition) is 1. The lowest BCUT2D eigenvalue weighted by atomic mass is 10.1. The van der Waals surface area contributed by atoms with Crippen molar-refractivity contribution in [2.45, 2.75) is 12.3 Å². The molecule has 1 fully saturated rings. The number of nitrogens with zero attached hydrogens (tertiary/aromatic N) is 1. The predicted octanol–water partition coefficient (Wildman–Crippen LogP) is 1.90. The number of aromatic nitrogens is 1. The zero-order valence-electron chi connectivity index (χ0n) is 7.86. The molecule has 2 aromatic rings. The summed E-state index contributed by atoms with van der Waals surface area (Å²) in [6, 6.07) is 4.03. The quantitative estimate of drug-likeness (QED) is 0.742. The van der Waals surface area contributed by atoms with Crippen LogP contribution in [-0.2, 0) is 0 Å². The van der Waals surface area contributed by atoms with Crippen LogP contribution >= 0.6 is 0 Å². The van der Waals surface area contributed by atoms with Crippen molar-refractivity contribution in [1.82, 2.24) is 10.3 Å². The van der Waals surface area contributed by atoms with E-state index in [9.17, 15) is 0 Å². The van der Waals surface area contributed by atoms with Crippen LogP contribution in [0.15, 0.2) is 28.9 Å². The van der Waals surface area contributed by atoms with E-state index in [4.69, 9.17) is 4.42 Å². The SMILES string of the molecule is c1cc2oc(C3CCNC3)cc2cn1. The molecule has 3 rings (SSSR count). The fraction of sp³-hybridized carbons (Fsp3) is 0.364. The van der Waals surface area contributed by atoms with Crippen LogP contribution in [0.4, 0.5) is 0 Å². The van der Waals surface area contributed by atoms with E-state index in [-0.39, 0.29) is 0 Å². The molecule has 0 saturated carbocycles. The molecule has 1 saturated heterocycles. The molecule has 1 aliphatic heterocycles. The van der Waals surface area contributed by atoms with Crippen LogP contribution in [0.5, 0.6) is 0 Å². The summed E-state index contributed by atoms with van der Waals surface area (Å²) in [7, 11) is 0. The Bertz CT molecular complexity index is 410. The van der Waals surface area contributed by atoms with Gasteiger partial charge in [-0.05, 0) is 25.1 Å². The van der Waals surface area contributed by atoms with Crippen LogP contribution in [0.1, 0.15) is 18.1 Å². The van der Waals surface area contributed by atoms with Crippen molar-refractivity contribution in [1.29, 1.82) is 0 Å². The molecule has 1 atom stereocenters. The first-order valence-electron chi connectivity index (χ1n) is 4.97. The molecule has 0 aromatic carbocycles. The summed E-state index contributed by atoms with van der Waals surface area (Å²) in [5, 5.41) is 4.45. The Balaban J connectivity index is 2.05. The summed E-state index contributed by atoms with van der Waals surface area (Å²) < 4.78 is 5.77. The van der Waals surface area contributed by atoms with Gasteiger partial charge in [0.25, 0.3) is 0 Å². The first-order chi connectivity index (χ1) is 6.93. The third kappa shape index (κ3) is 1.21. The van der Waals surface area contributed by atoms with Gasteiger partial charge in [0.1, 0.15) is 11.3 Å². The Hall–Kier alpha value is -1.35. The monoisotopic (exact) mass is 188 g/mol. The minimum atomic E-state index is 0.544. The number of pyridine rings is 1. The fourth-order valence-electron chi connectivity index (χ4n) is 2.00. The molecule has 2 aromatic heterocycles. The molecule has 14 heavy (non-hydrogen) atoms. The molecular weight excluding hydrogens is 176 g/mol. The van der Waals surface area contributed by atoms with Gasteiger partial charge in [-0.25, -0.2) is 0 Å². The molecule has 1 unspecified atom stereocenters. The maximum Gasteiger partial charge on any atom is 0.137 e. The van der Waals surface area contributed by atoms with Gasteiger partial charge in [-0.2, -0.15) is 0 Å². The van der Waals surface area contributed by atoms with Crippen molar-refractivity contribution in [2.24, 2.45) is 0 Å². The predicted molar refractivity (Wildman–Crippen MR) is 54.2 cm³/mol. The van der Waals surface area contributed by atoms with E-state index in [1.807, 2.05) is 12.3 Å². The first kappa shape index (κ1) is 8.00. The molecule has 0 amide bonds. The van der Waals surface area contributed by atoms with Gasteiger partial charge in [0.2, 0.25) is 0 Å². The van der Waals surface area contributed by atoms with Gasteiger partial charge in [0.05, 0.1) is 0 Å². The summed E-state index contributed by atoms with van der Waals surface area (Å²) in [6.45, 7) is 2.13. The van der Waals surface area contributed by atoms with Crippen LogP contribution in [-0.4, -0.2) is 18.1 Å². The highest BCUT2D eigenvalue weighted by atomic mass is 16.3. The van der Waals surface area contributed by atoms with E-state index in [2.05, 4.69) is 16.4 Å². The lowest BCUT2D eigenvalue weighted by Gasteiger charge is -2.01. The van der Waals surface area contributed by atoms with Crippen molar-refractivity contribution in [3.05, 3.63) is 30.3 Å². The average molecular weight is 188 g/mol. The van der Waals surface area contributed by atoms with Crippen LogP contribution in [0.2, 0.25) is 0 Å². The maximum atomic E-state index is 5.77. The molecule has 1 N–H and O–H groups in total. The van der Waals surface area contributed by atoms with Crippen molar-refractivity contribution in [3.63, 3.8) is 0 Å². The zero-order valence-corrected chi connectivity index (χ0v) is 7.86. The summed E-state index contributed by atoms with van der Waals surface area (Å²) in [6.07, 6.45) is 4.79. The maximum absolute atomic E-state index is 5.77. The summed E-state index contributed by atoms with van der Waals surface area (Å²) in [5.41, 5.74) is 0.946. The summed E-state index contributed by atoms with van der Waals surface area (Å²) >= 11 is 0. The van der Waals surface area contributed by atoms with Crippen LogP contribution in [0, 0.1) is 0 Å². The van der Waals surface area contributed by atoms with Gasteiger partial charge in [0.15, 0.2) is 0 Å². The van der Waals surface area contributed by atoms with Crippen LogP contribution < -0.4 is 5.32 Å². The Morgan fingerprint density at radius 2 is 2.50 bits per heavy atom. The number of nitrogens with one attached hydrogen (secondary N) is 1. The zero-order chi connectivity index (χ0) is 9.38. The van der Waals surface area contributed by atoms with Crippen molar-refractivity contribution in [3.8, 4) is 0 Å². The lowest BCUT2D eigenvalue weighted by Crippen LogP contribution is -2.07. The first-order valence-corrected chi connectivity index (χ1v) is 4.97. The van der Waals surface area contributed by atoms with Gasteiger partial charge in [-0.1, -0.05) is 0 Å². The van der Waals surface area contributed by atoms with Gasteiger partial charge in [0, 0.05) is 30.2 Å². The van der Waals surface area contributed by atoms with Crippen LogP contribution in [0.3, 0.4) is 0 Å². The molecule has 1 aliphatic rings. The molecule has 72 valence electrons. The lowest BCUT2D eigenvalue weighted by molar-refractivity contribution is 0.505. The Labute approximate surface area is 82.1 Å². The third-order valence-corrected chi connectivity index (χ3v) is 2.80. The second-order valence-electron chi connectivity index (χ2n) is 3.75.